The minimum absolute atomic E-state index is 0.0341. The number of aromatic nitrogens is 1. The number of ether oxygens (including phenoxy) is 1. The van der Waals surface area contributed by atoms with E-state index < -0.39 is 5.60 Å². The van der Waals surface area contributed by atoms with Gasteiger partial charge in [0.15, 0.2) is 0 Å². The first kappa shape index (κ1) is 13.8. The molecule has 0 aliphatic carbocycles. The molecule has 1 aliphatic heterocycles. The average molecular weight is 263 g/mol. The standard InChI is InChI=1S/C14H21N3O2/c1-14(6-4-8-19-14)13(18)16-10-11-5-7-15-12(9-11)17(2)3/h5,7,9H,4,6,8,10H2,1-3H3,(H,16,18)/t14-/m1/s1. The Bertz CT molecular complexity index is 454. The molecule has 1 aromatic heterocycles. The van der Waals surface area contributed by atoms with Crippen LogP contribution in [0, 0.1) is 0 Å². The number of carbonyl (C=O) groups is 1. The van der Waals surface area contributed by atoms with Crippen LogP contribution < -0.4 is 10.2 Å². The Morgan fingerprint density at radius 3 is 3.00 bits per heavy atom. The summed E-state index contributed by atoms with van der Waals surface area (Å²) in [5, 5.41) is 2.94. The maximum Gasteiger partial charge on any atom is 0.252 e. The van der Waals surface area contributed by atoms with Crippen molar-refractivity contribution in [1.82, 2.24) is 10.3 Å². The number of amides is 1. The predicted octanol–water partition coefficient (Wildman–Crippen LogP) is 1.33. The van der Waals surface area contributed by atoms with Crippen molar-refractivity contribution >= 4 is 11.7 Å². The van der Waals surface area contributed by atoms with Gasteiger partial charge in [0.2, 0.25) is 0 Å². The summed E-state index contributed by atoms with van der Waals surface area (Å²) in [6, 6.07) is 3.88. The molecule has 2 heterocycles. The van der Waals surface area contributed by atoms with E-state index in [0.29, 0.717) is 13.2 Å². The molecule has 1 atom stereocenters. The fourth-order valence-corrected chi connectivity index (χ4v) is 2.14. The van der Waals surface area contributed by atoms with Crippen LogP contribution in [0.1, 0.15) is 25.3 Å². The molecular formula is C14H21N3O2. The smallest absolute Gasteiger partial charge is 0.252 e. The first-order valence-electron chi connectivity index (χ1n) is 6.56. The lowest BCUT2D eigenvalue weighted by Crippen LogP contribution is -2.43. The highest BCUT2D eigenvalue weighted by molar-refractivity contribution is 5.84. The zero-order valence-electron chi connectivity index (χ0n) is 11.8. The summed E-state index contributed by atoms with van der Waals surface area (Å²) in [6.45, 7) is 3.03. The number of nitrogens with zero attached hydrogens (tertiary/aromatic N) is 2. The van der Waals surface area contributed by atoms with Crippen LogP contribution in [-0.4, -0.2) is 37.2 Å². The van der Waals surface area contributed by atoms with Crippen LogP contribution in [-0.2, 0) is 16.1 Å². The Hall–Kier alpha value is -1.62. The van der Waals surface area contributed by atoms with Gasteiger partial charge in [-0.1, -0.05) is 0 Å². The summed E-state index contributed by atoms with van der Waals surface area (Å²) in [5.74, 6) is 0.850. The summed E-state index contributed by atoms with van der Waals surface area (Å²) in [5.41, 5.74) is 0.380. The second-order valence-corrected chi connectivity index (χ2v) is 5.28. The Morgan fingerprint density at radius 2 is 2.37 bits per heavy atom. The van der Waals surface area contributed by atoms with Crippen LogP contribution in [0.2, 0.25) is 0 Å². The van der Waals surface area contributed by atoms with Crippen molar-refractivity contribution < 1.29 is 9.53 Å². The summed E-state index contributed by atoms with van der Waals surface area (Å²) >= 11 is 0. The van der Waals surface area contributed by atoms with E-state index in [0.717, 1.165) is 24.2 Å². The van der Waals surface area contributed by atoms with E-state index in [1.807, 2.05) is 38.1 Å². The monoisotopic (exact) mass is 263 g/mol. The maximum atomic E-state index is 12.1. The number of nitrogens with one attached hydrogen (secondary N) is 1. The van der Waals surface area contributed by atoms with Crippen molar-refractivity contribution in [3.8, 4) is 0 Å². The van der Waals surface area contributed by atoms with E-state index in [2.05, 4.69) is 10.3 Å². The van der Waals surface area contributed by atoms with Crippen LogP contribution >= 0.6 is 0 Å². The van der Waals surface area contributed by atoms with Crippen molar-refractivity contribution in [2.75, 3.05) is 25.6 Å². The minimum Gasteiger partial charge on any atom is -0.365 e. The van der Waals surface area contributed by atoms with Gasteiger partial charge in [-0.05, 0) is 37.5 Å². The molecule has 1 amide bonds. The molecular weight excluding hydrogens is 242 g/mol. The third kappa shape index (κ3) is 3.23. The molecule has 1 saturated heterocycles. The number of hydrogen-bond donors (Lipinski definition) is 1. The number of rotatable bonds is 4. The molecule has 0 saturated carbocycles. The number of carbonyl (C=O) groups excluding carboxylic acids is 1. The molecule has 1 aromatic rings. The maximum absolute atomic E-state index is 12.1. The Balaban J connectivity index is 1.95. The molecule has 5 nitrogen and oxygen atoms in total. The third-order valence-electron chi connectivity index (χ3n) is 3.42. The second-order valence-electron chi connectivity index (χ2n) is 5.28. The normalized spacial score (nSPS) is 22.3. The van der Waals surface area contributed by atoms with Gasteiger partial charge < -0.3 is 15.0 Å². The lowest BCUT2D eigenvalue weighted by molar-refractivity contribution is -0.139. The fraction of sp³-hybridized carbons (Fsp3) is 0.571. The summed E-state index contributed by atoms with van der Waals surface area (Å²) in [4.78, 5) is 18.3. The van der Waals surface area contributed by atoms with Crippen LogP contribution in [0.25, 0.3) is 0 Å². The van der Waals surface area contributed by atoms with Gasteiger partial charge in [-0.3, -0.25) is 4.79 Å². The van der Waals surface area contributed by atoms with Crippen LogP contribution in [0.4, 0.5) is 5.82 Å². The van der Waals surface area contributed by atoms with Crippen LogP contribution in [0.5, 0.6) is 0 Å². The summed E-state index contributed by atoms with van der Waals surface area (Å²) in [6.07, 6.45) is 3.49. The molecule has 5 heteroatoms. The SMILES string of the molecule is CN(C)c1cc(CNC(=O)[C@@]2(C)CCCO2)ccn1. The minimum atomic E-state index is -0.655. The van der Waals surface area contributed by atoms with Gasteiger partial charge in [0, 0.05) is 33.4 Å². The quantitative estimate of drug-likeness (QED) is 0.890. The Morgan fingerprint density at radius 1 is 1.58 bits per heavy atom. The van der Waals surface area contributed by atoms with Gasteiger partial charge in [0.1, 0.15) is 11.4 Å². The first-order chi connectivity index (χ1) is 9.01. The molecule has 1 aliphatic rings. The molecule has 1 N–H and O–H groups in total. The van der Waals surface area contributed by atoms with Gasteiger partial charge in [-0.2, -0.15) is 0 Å². The van der Waals surface area contributed by atoms with E-state index in [9.17, 15) is 4.79 Å². The van der Waals surface area contributed by atoms with E-state index in [1.165, 1.54) is 0 Å². The van der Waals surface area contributed by atoms with Crippen LogP contribution in [0.15, 0.2) is 18.3 Å². The molecule has 19 heavy (non-hydrogen) atoms. The van der Waals surface area contributed by atoms with Crippen molar-refractivity contribution in [2.45, 2.75) is 31.9 Å². The molecule has 2 rings (SSSR count). The lowest BCUT2D eigenvalue weighted by atomic mass is 10.0. The third-order valence-corrected chi connectivity index (χ3v) is 3.42. The van der Waals surface area contributed by atoms with Gasteiger partial charge in [-0.15, -0.1) is 0 Å². The summed E-state index contributed by atoms with van der Waals surface area (Å²) < 4.78 is 5.52. The summed E-state index contributed by atoms with van der Waals surface area (Å²) in [7, 11) is 3.89. The van der Waals surface area contributed by atoms with Crippen molar-refractivity contribution in [3.05, 3.63) is 23.9 Å². The van der Waals surface area contributed by atoms with Crippen molar-refractivity contribution in [3.63, 3.8) is 0 Å². The van der Waals surface area contributed by atoms with Crippen LogP contribution in [0.3, 0.4) is 0 Å². The largest absolute Gasteiger partial charge is 0.365 e. The Labute approximate surface area is 114 Å². The molecule has 0 unspecified atom stereocenters. The predicted molar refractivity (Wildman–Crippen MR) is 74.0 cm³/mol. The molecule has 0 bridgehead atoms. The highest BCUT2D eigenvalue weighted by Crippen LogP contribution is 2.25. The topological polar surface area (TPSA) is 54.5 Å². The van der Waals surface area contributed by atoms with Gasteiger partial charge in [-0.25, -0.2) is 4.98 Å². The van der Waals surface area contributed by atoms with Crippen molar-refractivity contribution in [2.24, 2.45) is 0 Å². The molecule has 0 aromatic carbocycles. The number of anilines is 1. The van der Waals surface area contributed by atoms with E-state index in [-0.39, 0.29) is 5.91 Å². The average Bonchev–Trinajstić information content (AvgIpc) is 2.84. The molecule has 1 fully saturated rings. The van der Waals surface area contributed by atoms with Gasteiger partial charge >= 0.3 is 0 Å². The lowest BCUT2D eigenvalue weighted by Gasteiger charge is -2.22. The Kier molecular flexibility index (Phi) is 4.04. The molecule has 104 valence electrons. The van der Waals surface area contributed by atoms with E-state index in [4.69, 9.17) is 4.74 Å². The second kappa shape index (κ2) is 5.57. The fourth-order valence-electron chi connectivity index (χ4n) is 2.14. The number of pyridine rings is 1. The molecule has 0 spiro atoms. The zero-order chi connectivity index (χ0) is 13.9. The van der Waals surface area contributed by atoms with E-state index in [1.54, 1.807) is 6.20 Å². The van der Waals surface area contributed by atoms with E-state index >= 15 is 0 Å². The van der Waals surface area contributed by atoms with Crippen molar-refractivity contribution in [1.29, 1.82) is 0 Å². The number of hydrogen-bond acceptors (Lipinski definition) is 4. The first-order valence-corrected chi connectivity index (χ1v) is 6.56. The van der Waals surface area contributed by atoms with Gasteiger partial charge in [0.05, 0.1) is 0 Å². The molecule has 0 radical (unpaired) electrons. The zero-order valence-corrected chi connectivity index (χ0v) is 11.8. The highest BCUT2D eigenvalue weighted by Gasteiger charge is 2.37. The van der Waals surface area contributed by atoms with Gasteiger partial charge in [0.25, 0.3) is 5.91 Å². The highest BCUT2D eigenvalue weighted by atomic mass is 16.5.